The number of hydrogen-bond donors (Lipinski definition) is 1. The van der Waals surface area contributed by atoms with Crippen LogP contribution in [0, 0.1) is 0 Å². The molecule has 0 heterocycles. The van der Waals surface area contributed by atoms with E-state index in [2.05, 4.69) is 52.2 Å². The van der Waals surface area contributed by atoms with Crippen molar-refractivity contribution in [3.8, 4) is 0 Å². The number of unbranched alkanes of at least 4 members (excludes halogenated alkanes) is 24. The van der Waals surface area contributed by atoms with Gasteiger partial charge in [0.15, 0.2) is 0 Å². The topological polar surface area (TPSA) is 57.2 Å². The normalized spacial score (nSPS) is 12.7. The fourth-order valence-electron chi connectivity index (χ4n) is 6.76. The van der Waals surface area contributed by atoms with Gasteiger partial charge >= 0.3 is 0 Å². The Labute approximate surface area is 340 Å². The van der Waals surface area contributed by atoms with Crippen LogP contribution in [0.5, 0.6) is 0 Å². The van der Waals surface area contributed by atoms with E-state index in [1.165, 1.54) is 167 Å². The number of ether oxygens (including phenoxy) is 4. The molecule has 6 nitrogen and oxygen atoms in total. The molecule has 0 saturated carbocycles. The maximum absolute atomic E-state index is 8.86. The molecule has 0 spiro atoms. The number of allylic oxidation sites excluding steroid dienone is 4. The first-order chi connectivity index (χ1) is 26.1. The summed E-state index contributed by atoms with van der Waals surface area (Å²) in [6.07, 6.45) is 46.9. The third kappa shape index (κ3) is 45.7. The summed E-state index contributed by atoms with van der Waals surface area (Å²) in [4.78, 5) is 0. The van der Waals surface area contributed by atoms with Gasteiger partial charge in [-0.1, -0.05) is 154 Å². The zero-order valence-corrected chi connectivity index (χ0v) is 36.9. The van der Waals surface area contributed by atoms with Gasteiger partial charge in [0.2, 0.25) is 0 Å². The predicted octanol–water partition coefficient (Wildman–Crippen LogP) is 12.2. The summed E-state index contributed by atoms with van der Waals surface area (Å²) in [5.74, 6) is 0. The second kappa shape index (κ2) is 46.7. The second-order valence-electron chi connectivity index (χ2n) is 16.2. The molecule has 0 bridgehead atoms. The molecule has 0 aliphatic carbocycles. The van der Waals surface area contributed by atoms with E-state index in [9.17, 15) is 0 Å². The van der Waals surface area contributed by atoms with Crippen molar-refractivity contribution in [3.63, 3.8) is 0 Å². The first kappa shape index (κ1) is 55.4. The van der Waals surface area contributed by atoms with Gasteiger partial charge in [-0.05, 0) is 64.2 Å². The van der Waals surface area contributed by atoms with Crippen molar-refractivity contribution in [2.24, 2.45) is 0 Å². The van der Waals surface area contributed by atoms with E-state index < -0.39 is 0 Å². The molecular weight excluding hydrogens is 669 g/mol. The highest BCUT2D eigenvalue weighted by Crippen LogP contribution is 2.13. The van der Waals surface area contributed by atoms with Crippen LogP contribution in [-0.4, -0.2) is 104 Å². The summed E-state index contributed by atoms with van der Waals surface area (Å²) in [5.41, 5.74) is 0. The lowest BCUT2D eigenvalue weighted by atomic mass is 10.1. The Bertz CT molecular complexity index is 750. The molecule has 54 heavy (non-hydrogen) atoms. The first-order valence-corrected chi connectivity index (χ1v) is 23.1. The van der Waals surface area contributed by atoms with Crippen molar-refractivity contribution >= 4 is 8.41 Å². The third-order valence-electron chi connectivity index (χ3n) is 10.3. The molecular formula is C47H94BNO5+. The lowest BCUT2D eigenvalue weighted by molar-refractivity contribution is -0.894. The van der Waals surface area contributed by atoms with Crippen molar-refractivity contribution in [1.82, 2.24) is 0 Å². The smallest absolute Gasteiger partial charge is 0.130 e. The minimum Gasteiger partial charge on any atom is -0.394 e. The molecule has 0 saturated heterocycles. The van der Waals surface area contributed by atoms with Crippen LogP contribution in [0.4, 0.5) is 0 Å². The van der Waals surface area contributed by atoms with Crippen LogP contribution in [0.3, 0.4) is 0 Å². The number of aliphatic hydroxyl groups excluding tert-OH is 1. The van der Waals surface area contributed by atoms with Crippen molar-refractivity contribution in [2.45, 2.75) is 200 Å². The molecule has 0 aromatic heterocycles. The minimum absolute atomic E-state index is 0. The van der Waals surface area contributed by atoms with Gasteiger partial charge in [0.05, 0.1) is 53.7 Å². The highest BCUT2D eigenvalue weighted by molar-refractivity contribution is 5.75. The van der Waals surface area contributed by atoms with Crippen LogP contribution in [0.1, 0.15) is 194 Å². The zero-order valence-electron chi connectivity index (χ0n) is 36.9. The Balaban J connectivity index is 0. The zero-order chi connectivity index (χ0) is 38.6. The van der Waals surface area contributed by atoms with E-state index in [0.717, 1.165) is 43.6 Å². The molecule has 1 atom stereocenters. The van der Waals surface area contributed by atoms with Gasteiger partial charge < -0.3 is 28.5 Å². The fraction of sp³-hybridized carbons (Fsp3) is 0.915. The monoisotopic (exact) mass is 764 g/mol. The Hall–Kier alpha value is -0.695. The van der Waals surface area contributed by atoms with E-state index in [-0.39, 0.29) is 21.1 Å². The summed E-state index contributed by atoms with van der Waals surface area (Å²) in [6.45, 7) is 11.0. The van der Waals surface area contributed by atoms with Gasteiger partial charge in [-0.2, -0.15) is 0 Å². The number of rotatable bonds is 45. The van der Waals surface area contributed by atoms with Gasteiger partial charge in [0, 0.05) is 21.6 Å². The number of quaternary nitrogens is 1. The summed E-state index contributed by atoms with van der Waals surface area (Å²) in [5, 5.41) is 8.86. The predicted molar refractivity (Wildman–Crippen MR) is 236 cm³/mol. The highest BCUT2D eigenvalue weighted by atomic mass is 16.5. The third-order valence-corrected chi connectivity index (χ3v) is 10.3. The molecule has 1 N–H and O–H groups in total. The Kier molecular flexibility index (Phi) is 47.9. The van der Waals surface area contributed by atoms with Crippen molar-refractivity contribution in [2.75, 3.05) is 80.0 Å². The fourth-order valence-corrected chi connectivity index (χ4v) is 6.76. The van der Waals surface area contributed by atoms with Gasteiger partial charge in [-0.25, -0.2) is 0 Å². The van der Waals surface area contributed by atoms with E-state index in [1.54, 1.807) is 0 Å². The van der Waals surface area contributed by atoms with Crippen LogP contribution >= 0.6 is 0 Å². The summed E-state index contributed by atoms with van der Waals surface area (Å²) in [7, 11) is 4.52. The van der Waals surface area contributed by atoms with E-state index in [4.69, 9.17) is 24.1 Å². The lowest BCUT2D eigenvalue weighted by Gasteiger charge is -2.33. The average Bonchev–Trinajstić information content (AvgIpc) is 3.15. The molecule has 1 unspecified atom stereocenters. The van der Waals surface area contributed by atoms with Gasteiger partial charge in [-0.15, -0.1) is 0 Å². The second-order valence-corrected chi connectivity index (χ2v) is 16.2. The van der Waals surface area contributed by atoms with Crippen LogP contribution in [-0.2, 0) is 18.9 Å². The summed E-state index contributed by atoms with van der Waals surface area (Å²) >= 11 is 0. The summed E-state index contributed by atoms with van der Waals surface area (Å²) < 4.78 is 24.6. The number of hydrogen-bond acceptors (Lipinski definition) is 5. The standard InChI is InChI=1S/C47H94NO5.B/c1-5-7-9-11-13-15-17-19-21-23-25-27-29-31-33-35-39-52-46-47(45-48(3,4)37-41-50-43-44-51-42-38-49)53-40-36-34-32-30-28-26-24-22-20-18-16-14-12-10-8-6-2;/h19-22,47,49H,5-18,23-46H2,1-4H3;/q+1;/b21-19-,22-20-;. The molecule has 0 rings (SSSR count). The lowest BCUT2D eigenvalue weighted by Crippen LogP contribution is -2.49. The Morgan fingerprint density at radius 2 is 0.833 bits per heavy atom. The molecule has 319 valence electrons. The number of aliphatic hydroxyl groups is 1. The van der Waals surface area contributed by atoms with Gasteiger partial charge in [0.1, 0.15) is 19.2 Å². The Morgan fingerprint density at radius 1 is 0.444 bits per heavy atom. The molecule has 0 amide bonds. The van der Waals surface area contributed by atoms with Crippen LogP contribution < -0.4 is 0 Å². The molecule has 0 aliphatic rings. The highest BCUT2D eigenvalue weighted by Gasteiger charge is 2.23. The van der Waals surface area contributed by atoms with E-state index in [1.807, 2.05) is 0 Å². The number of likely N-dealkylation sites (N-methyl/N-ethyl adjacent to an activating group) is 1. The maximum Gasteiger partial charge on any atom is 0.130 e. The van der Waals surface area contributed by atoms with Crippen LogP contribution in [0.15, 0.2) is 24.3 Å². The van der Waals surface area contributed by atoms with Crippen molar-refractivity contribution in [1.29, 1.82) is 0 Å². The maximum atomic E-state index is 8.86. The van der Waals surface area contributed by atoms with E-state index >= 15 is 0 Å². The largest absolute Gasteiger partial charge is 0.394 e. The average molecular weight is 764 g/mol. The van der Waals surface area contributed by atoms with Crippen LogP contribution in [0.2, 0.25) is 0 Å². The molecule has 0 fully saturated rings. The van der Waals surface area contributed by atoms with Crippen molar-refractivity contribution < 1.29 is 28.5 Å². The summed E-state index contributed by atoms with van der Waals surface area (Å²) in [6, 6.07) is 0. The van der Waals surface area contributed by atoms with Crippen molar-refractivity contribution in [3.05, 3.63) is 24.3 Å². The number of nitrogens with zero attached hydrogens (tertiary/aromatic N) is 1. The quantitative estimate of drug-likeness (QED) is 0.0290. The molecule has 0 aromatic carbocycles. The Morgan fingerprint density at radius 3 is 1.28 bits per heavy atom. The SMILES string of the molecule is CCCCCCCC/C=C\CCCCCCCCOCC(C[N+](C)(C)CCOCCOCCO)OCCCCCCCC/C=C\CCCCCCCC.[B]. The minimum atomic E-state index is 0. The van der Waals surface area contributed by atoms with Gasteiger partial charge in [-0.3, -0.25) is 0 Å². The molecule has 7 heteroatoms. The molecule has 0 aliphatic heterocycles. The van der Waals surface area contributed by atoms with Gasteiger partial charge in [0.25, 0.3) is 0 Å². The van der Waals surface area contributed by atoms with E-state index in [0.29, 0.717) is 33.0 Å². The molecule has 3 radical (unpaired) electrons. The first-order valence-electron chi connectivity index (χ1n) is 23.1. The molecule has 0 aromatic rings. The van der Waals surface area contributed by atoms with Crippen LogP contribution in [0.25, 0.3) is 0 Å².